The van der Waals surface area contributed by atoms with Crippen LogP contribution in [0.1, 0.15) is 25.0 Å². The van der Waals surface area contributed by atoms with E-state index in [1.54, 1.807) is 13.0 Å². The van der Waals surface area contributed by atoms with E-state index in [1.165, 1.54) is 11.3 Å². The Labute approximate surface area is 138 Å². The standard InChI is InChI=1S/C16H16Cl2O2S/c1-10(5-4-6-11(2)9-14(19)20)7-8-13-12(3)15(17)21-16(13)18/h4-9H,1-3H3,(H,19,20)/b6-4+,8-7?,10-5?,11-9?. The van der Waals surface area contributed by atoms with Crippen LogP contribution in [0.15, 0.2) is 41.5 Å². The molecule has 0 amide bonds. The molecule has 21 heavy (non-hydrogen) atoms. The molecule has 0 saturated heterocycles. The van der Waals surface area contributed by atoms with Crippen LogP contribution in [0.5, 0.6) is 0 Å². The van der Waals surface area contributed by atoms with Crippen molar-refractivity contribution in [1.82, 2.24) is 0 Å². The Morgan fingerprint density at radius 3 is 2.33 bits per heavy atom. The van der Waals surface area contributed by atoms with E-state index < -0.39 is 5.97 Å². The summed E-state index contributed by atoms with van der Waals surface area (Å²) in [5, 5.41) is 8.60. The quantitative estimate of drug-likeness (QED) is 0.533. The number of hydrogen-bond donors (Lipinski definition) is 1. The summed E-state index contributed by atoms with van der Waals surface area (Å²) < 4.78 is 1.38. The van der Waals surface area contributed by atoms with Crippen molar-refractivity contribution < 1.29 is 9.90 Å². The minimum atomic E-state index is -0.947. The summed E-state index contributed by atoms with van der Waals surface area (Å²) in [6, 6.07) is 0. The molecule has 0 spiro atoms. The van der Waals surface area contributed by atoms with Gasteiger partial charge in [-0.25, -0.2) is 4.79 Å². The number of thiophene rings is 1. The minimum Gasteiger partial charge on any atom is -0.478 e. The molecule has 1 aromatic heterocycles. The molecule has 0 fully saturated rings. The number of rotatable bonds is 5. The Morgan fingerprint density at radius 2 is 1.81 bits per heavy atom. The maximum Gasteiger partial charge on any atom is 0.328 e. The van der Waals surface area contributed by atoms with E-state index in [4.69, 9.17) is 28.3 Å². The van der Waals surface area contributed by atoms with Crippen molar-refractivity contribution >= 4 is 46.6 Å². The average molecular weight is 343 g/mol. The predicted molar refractivity (Wildman–Crippen MR) is 92.4 cm³/mol. The Morgan fingerprint density at radius 1 is 1.14 bits per heavy atom. The first kappa shape index (κ1) is 17.8. The molecule has 112 valence electrons. The predicted octanol–water partition coefficient (Wildman–Crippen LogP) is 5.91. The topological polar surface area (TPSA) is 37.3 Å². The largest absolute Gasteiger partial charge is 0.478 e. The van der Waals surface area contributed by atoms with E-state index in [1.807, 2.05) is 38.2 Å². The molecule has 0 radical (unpaired) electrons. The van der Waals surface area contributed by atoms with E-state index in [0.29, 0.717) is 14.2 Å². The number of halogens is 2. The second-order valence-corrected chi connectivity index (χ2v) is 6.74. The van der Waals surface area contributed by atoms with Gasteiger partial charge in [-0.1, -0.05) is 59.2 Å². The van der Waals surface area contributed by atoms with Crippen molar-refractivity contribution in [2.24, 2.45) is 0 Å². The van der Waals surface area contributed by atoms with Crippen molar-refractivity contribution in [1.29, 1.82) is 0 Å². The molecule has 1 rings (SSSR count). The summed E-state index contributed by atoms with van der Waals surface area (Å²) in [6.45, 7) is 5.62. The maximum absolute atomic E-state index is 10.5. The normalized spacial score (nSPS) is 13.6. The fourth-order valence-electron chi connectivity index (χ4n) is 1.52. The molecule has 0 saturated carbocycles. The van der Waals surface area contributed by atoms with Crippen LogP contribution in [-0.2, 0) is 4.79 Å². The fourth-order valence-corrected chi connectivity index (χ4v) is 3.16. The highest BCUT2D eigenvalue weighted by atomic mass is 35.5. The summed E-state index contributed by atoms with van der Waals surface area (Å²) in [7, 11) is 0. The van der Waals surface area contributed by atoms with Crippen LogP contribution in [0.2, 0.25) is 8.67 Å². The van der Waals surface area contributed by atoms with Crippen LogP contribution < -0.4 is 0 Å². The summed E-state index contributed by atoms with van der Waals surface area (Å²) in [5.41, 5.74) is 3.61. The van der Waals surface area contributed by atoms with Crippen LogP contribution >= 0.6 is 34.5 Å². The molecule has 0 aliphatic heterocycles. The third-order valence-electron chi connectivity index (χ3n) is 2.67. The van der Waals surface area contributed by atoms with E-state index in [2.05, 4.69) is 0 Å². The molecule has 1 aromatic rings. The number of aliphatic carboxylic acids is 1. The SMILES string of the molecule is CC(C=Cc1c(Cl)sc(Cl)c1C)=C/C=C/C(C)=CC(=O)O. The molecule has 0 bridgehead atoms. The number of carboxylic acids is 1. The van der Waals surface area contributed by atoms with Gasteiger partial charge in [0.05, 0.1) is 4.34 Å². The molecule has 5 heteroatoms. The number of carbonyl (C=O) groups is 1. The van der Waals surface area contributed by atoms with Gasteiger partial charge in [-0.2, -0.15) is 0 Å². The van der Waals surface area contributed by atoms with E-state index in [0.717, 1.165) is 22.8 Å². The number of carboxylic acid groups (broad SMARTS) is 1. The van der Waals surface area contributed by atoms with Gasteiger partial charge >= 0.3 is 5.97 Å². The van der Waals surface area contributed by atoms with Gasteiger partial charge in [0.25, 0.3) is 0 Å². The van der Waals surface area contributed by atoms with Crippen LogP contribution in [0.4, 0.5) is 0 Å². The van der Waals surface area contributed by atoms with Crippen molar-refractivity contribution in [3.8, 4) is 0 Å². The third kappa shape index (κ3) is 5.92. The summed E-state index contributed by atoms with van der Waals surface area (Å²) >= 11 is 13.5. The van der Waals surface area contributed by atoms with Gasteiger partial charge in [-0.15, -0.1) is 11.3 Å². The molecular formula is C16H16Cl2O2S. The van der Waals surface area contributed by atoms with E-state index >= 15 is 0 Å². The Bertz CT molecular complexity index is 649. The van der Waals surface area contributed by atoms with E-state index in [-0.39, 0.29) is 0 Å². The zero-order valence-corrected chi connectivity index (χ0v) is 14.3. The highest BCUT2D eigenvalue weighted by Crippen LogP contribution is 2.36. The van der Waals surface area contributed by atoms with Crippen LogP contribution in [0.25, 0.3) is 6.08 Å². The zero-order valence-electron chi connectivity index (χ0n) is 12.0. The molecule has 1 N–H and O–H groups in total. The van der Waals surface area contributed by atoms with Gasteiger partial charge in [0.15, 0.2) is 0 Å². The van der Waals surface area contributed by atoms with Crippen LogP contribution in [0, 0.1) is 6.92 Å². The lowest BCUT2D eigenvalue weighted by molar-refractivity contribution is -0.131. The Hall–Kier alpha value is -1.29. The van der Waals surface area contributed by atoms with E-state index in [9.17, 15) is 4.79 Å². The summed E-state index contributed by atoms with van der Waals surface area (Å²) in [5.74, 6) is -0.947. The second-order valence-electron chi connectivity index (χ2n) is 4.52. The second kappa shape index (κ2) is 8.23. The smallest absolute Gasteiger partial charge is 0.328 e. The van der Waals surface area contributed by atoms with Gasteiger partial charge in [-0.3, -0.25) is 0 Å². The van der Waals surface area contributed by atoms with Crippen LogP contribution in [-0.4, -0.2) is 11.1 Å². The molecule has 0 atom stereocenters. The molecular weight excluding hydrogens is 327 g/mol. The minimum absolute atomic E-state index is 0.678. The number of hydrogen-bond acceptors (Lipinski definition) is 2. The Kier molecular flexibility index (Phi) is 6.96. The van der Waals surface area contributed by atoms with Crippen molar-refractivity contribution in [2.75, 3.05) is 0 Å². The fraction of sp³-hybridized carbons (Fsp3) is 0.188. The first-order valence-electron chi connectivity index (χ1n) is 6.20. The molecule has 0 aliphatic rings. The number of allylic oxidation sites excluding steroid dienone is 6. The average Bonchev–Trinajstić information content (AvgIpc) is 2.60. The summed E-state index contributed by atoms with van der Waals surface area (Å²) in [4.78, 5) is 10.5. The van der Waals surface area contributed by atoms with Gasteiger partial charge in [0, 0.05) is 11.6 Å². The Balaban J connectivity index is 2.79. The molecule has 0 aliphatic carbocycles. The molecule has 0 aromatic carbocycles. The van der Waals surface area contributed by atoms with Gasteiger partial charge < -0.3 is 5.11 Å². The lowest BCUT2D eigenvalue weighted by atomic mass is 10.1. The maximum atomic E-state index is 10.5. The highest BCUT2D eigenvalue weighted by molar-refractivity contribution is 7.20. The lowest BCUT2D eigenvalue weighted by Gasteiger charge is -1.94. The van der Waals surface area contributed by atoms with Gasteiger partial charge in [0.2, 0.25) is 0 Å². The monoisotopic (exact) mass is 342 g/mol. The van der Waals surface area contributed by atoms with Gasteiger partial charge in [0.1, 0.15) is 4.34 Å². The van der Waals surface area contributed by atoms with Crippen molar-refractivity contribution in [3.05, 3.63) is 61.3 Å². The van der Waals surface area contributed by atoms with Gasteiger partial charge in [-0.05, 0) is 31.9 Å². The first-order valence-corrected chi connectivity index (χ1v) is 7.77. The molecule has 0 unspecified atom stereocenters. The zero-order chi connectivity index (χ0) is 16.0. The van der Waals surface area contributed by atoms with Crippen molar-refractivity contribution in [2.45, 2.75) is 20.8 Å². The first-order chi connectivity index (χ1) is 9.81. The highest BCUT2D eigenvalue weighted by Gasteiger charge is 2.08. The third-order valence-corrected chi connectivity index (χ3v) is 4.51. The molecule has 1 heterocycles. The van der Waals surface area contributed by atoms with Crippen LogP contribution in [0.3, 0.4) is 0 Å². The van der Waals surface area contributed by atoms with Crippen molar-refractivity contribution in [3.63, 3.8) is 0 Å². The molecule has 2 nitrogen and oxygen atoms in total. The summed E-state index contributed by atoms with van der Waals surface area (Å²) in [6.07, 6.45) is 10.5. The lowest BCUT2D eigenvalue weighted by Crippen LogP contribution is -1.87.